The highest BCUT2D eigenvalue weighted by atomic mass is 16.5. The fourth-order valence-corrected chi connectivity index (χ4v) is 2.61. The van der Waals surface area contributed by atoms with E-state index in [1.54, 1.807) is 0 Å². The topological polar surface area (TPSA) is 50.4 Å². The van der Waals surface area contributed by atoms with Gasteiger partial charge in [0, 0.05) is 5.69 Å². The first kappa shape index (κ1) is 14.8. The molecule has 22 heavy (non-hydrogen) atoms. The van der Waals surface area contributed by atoms with Crippen molar-refractivity contribution >= 4 is 11.6 Å². The van der Waals surface area contributed by atoms with Crippen LogP contribution in [0.15, 0.2) is 54.6 Å². The standard InChI is InChI=1S/C18H20N2O2/c21-18-17(11-10-15-8-4-5-9-16(15)20-18)19-13-22-12-14-6-2-1-3-7-14/h1-9,17,19H,10-13H2,(H,20,21). The van der Waals surface area contributed by atoms with Crippen LogP contribution in [0.25, 0.3) is 0 Å². The minimum absolute atomic E-state index is 0.00765. The number of aryl methyl sites for hydroxylation is 1. The second-order valence-corrected chi connectivity index (χ2v) is 5.42. The zero-order valence-electron chi connectivity index (χ0n) is 12.4. The number of benzene rings is 2. The highest BCUT2D eigenvalue weighted by Gasteiger charge is 2.22. The van der Waals surface area contributed by atoms with Crippen molar-refractivity contribution in [2.75, 3.05) is 12.0 Å². The molecule has 0 aromatic heterocycles. The van der Waals surface area contributed by atoms with E-state index in [1.165, 1.54) is 5.56 Å². The number of hydrogen-bond donors (Lipinski definition) is 2. The van der Waals surface area contributed by atoms with Crippen LogP contribution < -0.4 is 10.6 Å². The molecule has 0 aliphatic carbocycles. The lowest BCUT2D eigenvalue weighted by molar-refractivity contribution is -0.118. The van der Waals surface area contributed by atoms with Crippen LogP contribution in [-0.4, -0.2) is 18.7 Å². The lowest BCUT2D eigenvalue weighted by Gasteiger charge is -2.15. The highest BCUT2D eigenvalue weighted by molar-refractivity contribution is 5.96. The van der Waals surface area contributed by atoms with E-state index < -0.39 is 0 Å². The van der Waals surface area contributed by atoms with E-state index in [0.29, 0.717) is 13.3 Å². The first-order chi connectivity index (χ1) is 10.8. The van der Waals surface area contributed by atoms with Gasteiger partial charge in [-0.25, -0.2) is 0 Å². The summed E-state index contributed by atoms with van der Waals surface area (Å²) >= 11 is 0. The number of hydrogen-bond acceptors (Lipinski definition) is 3. The van der Waals surface area contributed by atoms with Crippen molar-refractivity contribution in [1.29, 1.82) is 0 Å². The van der Waals surface area contributed by atoms with Gasteiger partial charge in [0.05, 0.1) is 19.4 Å². The van der Waals surface area contributed by atoms with Gasteiger partial charge in [0.25, 0.3) is 0 Å². The molecule has 1 heterocycles. The zero-order valence-corrected chi connectivity index (χ0v) is 12.4. The van der Waals surface area contributed by atoms with E-state index in [1.807, 2.05) is 48.5 Å². The predicted molar refractivity (Wildman–Crippen MR) is 86.4 cm³/mol. The van der Waals surface area contributed by atoms with Gasteiger partial charge >= 0.3 is 0 Å². The SMILES string of the molecule is O=C1Nc2ccccc2CCC1NCOCc1ccccc1. The van der Waals surface area contributed by atoms with Gasteiger partial charge < -0.3 is 10.1 Å². The molecule has 0 fully saturated rings. The van der Waals surface area contributed by atoms with Crippen molar-refractivity contribution in [3.63, 3.8) is 0 Å². The molecule has 4 nitrogen and oxygen atoms in total. The summed E-state index contributed by atoms with van der Waals surface area (Å²) in [5.74, 6) is 0.00765. The summed E-state index contributed by atoms with van der Waals surface area (Å²) in [6.45, 7) is 0.908. The summed E-state index contributed by atoms with van der Waals surface area (Å²) in [4.78, 5) is 12.2. The van der Waals surface area contributed by atoms with E-state index in [4.69, 9.17) is 4.74 Å². The maximum absolute atomic E-state index is 12.2. The Labute approximate surface area is 130 Å². The van der Waals surface area contributed by atoms with Crippen molar-refractivity contribution in [2.24, 2.45) is 0 Å². The number of amides is 1. The number of nitrogens with one attached hydrogen (secondary N) is 2. The van der Waals surface area contributed by atoms with Gasteiger partial charge in [-0.2, -0.15) is 0 Å². The maximum atomic E-state index is 12.2. The normalized spacial score (nSPS) is 17.5. The number of fused-ring (bicyclic) bond motifs is 1. The zero-order chi connectivity index (χ0) is 15.2. The van der Waals surface area contributed by atoms with E-state index >= 15 is 0 Å². The summed E-state index contributed by atoms with van der Waals surface area (Å²) in [5, 5.41) is 6.16. The summed E-state index contributed by atoms with van der Waals surface area (Å²) in [7, 11) is 0. The molecule has 0 bridgehead atoms. The lowest BCUT2D eigenvalue weighted by atomic mass is 10.1. The molecule has 0 saturated carbocycles. The largest absolute Gasteiger partial charge is 0.362 e. The minimum atomic E-state index is -0.219. The maximum Gasteiger partial charge on any atom is 0.241 e. The molecule has 2 N–H and O–H groups in total. The molecular formula is C18H20N2O2. The quantitative estimate of drug-likeness (QED) is 0.659. The Balaban J connectivity index is 1.48. The third kappa shape index (κ3) is 3.72. The Hall–Kier alpha value is -2.17. The van der Waals surface area contributed by atoms with Gasteiger partial charge in [0.15, 0.2) is 0 Å². The van der Waals surface area contributed by atoms with Crippen LogP contribution in [0.5, 0.6) is 0 Å². The summed E-state index contributed by atoms with van der Waals surface area (Å²) < 4.78 is 5.60. The van der Waals surface area contributed by atoms with Crippen molar-refractivity contribution in [3.05, 3.63) is 65.7 Å². The molecule has 4 heteroatoms. The monoisotopic (exact) mass is 296 g/mol. The summed E-state index contributed by atoms with van der Waals surface area (Å²) in [6.07, 6.45) is 1.66. The van der Waals surface area contributed by atoms with Crippen molar-refractivity contribution in [1.82, 2.24) is 5.32 Å². The van der Waals surface area contributed by atoms with Gasteiger partial charge in [-0.1, -0.05) is 48.5 Å². The van der Waals surface area contributed by atoms with E-state index in [9.17, 15) is 4.79 Å². The fourth-order valence-electron chi connectivity index (χ4n) is 2.61. The van der Waals surface area contributed by atoms with Gasteiger partial charge in [-0.05, 0) is 30.0 Å². The third-order valence-corrected chi connectivity index (χ3v) is 3.84. The average Bonchev–Trinajstić information content (AvgIpc) is 2.71. The van der Waals surface area contributed by atoms with Crippen LogP contribution in [0, 0.1) is 0 Å². The van der Waals surface area contributed by atoms with Crippen molar-refractivity contribution in [2.45, 2.75) is 25.5 Å². The fraction of sp³-hybridized carbons (Fsp3) is 0.278. The van der Waals surface area contributed by atoms with Gasteiger partial charge in [-0.15, -0.1) is 0 Å². The first-order valence-electron chi connectivity index (χ1n) is 7.57. The molecule has 1 atom stereocenters. The molecular weight excluding hydrogens is 276 g/mol. The Kier molecular flexibility index (Phi) is 4.83. The van der Waals surface area contributed by atoms with Crippen LogP contribution in [-0.2, 0) is 22.6 Å². The second-order valence-electron chi connectivity index (χ2n) is 5.42. The highest BCUT2D eigenvalue weighted by Crippen LogP contribution is 2.21. The minimum Gasteiger partial charge on any atom is -0.362 e. The molecule has 1 unspecified atom stereocenters. The van der Waals surface area contributed by atoms with Gasteiger partial charge in [0.1, 0.15) is 0 Å². The Bertz CT molecular complexity index is 628. The van der Waals surface area contributed by atoms with Crippen LogP contribution in [0.3, 0.4) is 0 Å². The van der Waals surface area contributed by atoms with Crippen LogP contribution >= 0.6 is 0 Å². The van der Waals surface area contributed by atoms with Crippen molar-refractivity contribution < 1.29 is 9.53 Å². The molecule has 1 aliphatic heterocycles. The molecule has 3 rings (SSSR count). The average molecular weight is 296 g/mol. The molecule has 1 aliphatic rings. The molecule has 114 valence electrons. The summed E-state index contributed by atoms with van der Waals surface area (Å²) in [6, 6.07) is 17.7. The number of ether oxygens (including phenoxy) is 1. The Morgan fingerprint density at radius 1 is 1.09 bits per heavy atom. The first-order valence-corrected chi connectivity index (χ1v) is 7.57. The lowest BCUT2D eigenvalue weighted by Crippen LogP contribution is -2.40. The summed E-state index contributed by atoms with van der Waals surface area (Å²) in [5.41, 5.74) is 3.23. The smallest absolute Gasteiger partial charge is 0.241 e. The van der Waals surface area contributed by atoms with Crippen molar-refractivity contribution in [3.8, 4) is 0 Å². The van der Waals surface area contributed by atoms with E-state index in [-0.39, 0.29) is 11.9 Å². The number of rotatable bonds is 5. The molecule has 2 aromatic carbocycles. The van der Waals surface area contributed by atoms with E-state index in [0.717, 1.165) is 24.1 Å². The number of carbonyl (C=O) groups is 1. The predicted octanol–water partition coefficient (Wildman–Crippen LogP) is 2.70. The number of anilines is 1. The second kappa shape index (κ2) is 7.20. The van der Waals surface area contributed by atoms with E-state index in [2.05, 4.69) is 16.7 Å². The molecule has 0 spiro atoms. The van der Waals surface area contributed by atoms with Crippen LogP contribution in [0.1, 0.15) is 17.5 Å². The Morgan fingerprint density at radius 3 is 2.73 bits per heavy atom. The molecule has 0 radical (unpaired) electrons. The molecule has 2 aromatic rings. The molecule has 1 amide bonds. The van der Waals surface area contributed by atoms with Gasteiger partial charge in [0.2, 0.25) is 5.91 Å². The number of carbonyl (C=O) groups excluding carboxylic acids is 1. The third-order valence-electron chi connectivity index (χ3n) is 3.84. The van der Waals surface area contributed by atoms with Crippen LogP contribution in [0.2, 0.25) is 0 Å². The molecule has 0 saturated heterocycles. The Morgan fingerprint density at radius 2 is 1.86 bits per heavy atom. The van der Waals surface area contributed by atoms with Gasteiger partial charge in [-0.3, -0.25) is 10.1 Å². The van der Waals surface area contributed by atoms with Crippen LogP contribution in [0.4, 0.5) is 5.69 Å². The number of para-hydroxylation sites is 1.